The van der Waals surface area contributed by atoms with Gasteiger partial charge in [-0.15, -0.1) is 0 Å². The molecule has 0 radical (unpaired) electrons. The molecule has 1 amide bonds. The number of aryl methyl sites for hydroxylation is 2. The Bertz CT molecular complexity index is 832. The maximum absolute atomic E-state index is 13.0. The molecule has 2 atom stereocenters. The molecule has 1 aliphatic heterocycles. The highest BCUT2D eigenvalue weighted by Crippen LogP contribution is 2.36. The largest absolute Gasteiger partial charge is 0.396 e. The summed E-state index contributed by atoms with van der Waals surface area (Å²) in [5.41, 5.74) is 3.22. The fourth-order valence-electron chi connectivity index (χ4n) is 4.25. The fourth-order valence-corrected chi connectivity index (χ4v) is 4.25. The van der Waals surface area contributed by atoms with Crippen LogP contribution >= 0.6 is 0 Å². The van der Waals surface area contributed by atoms with Crippen molar-refractivity contribution >= 4 is 5.91 Å². The van der Waals surface area contributed by atoms with E-state index in [2.05, 4.69) is 12.0 Å². The molecule has 2 N–H and O–H groups in total. The van der Waals surface area contributed by atoms with Crippen molar-refractivity contribution in [1.29, 1.82) is 0 Å². The van der Waals surface area contributed by atoms with Crippen LogP contribution in [0, 0.1) is 19.3 Å². The average molecular weight is 386 g/mol. The first kappa shape index (κ1) is 20.6. The maximum atomic E-state index is 13.0. The molecule has 1 aromatic carbocycles. The lowest BCUT2D eigenvalue weighted by atomic mass is 9.73. The molecule has 1 fully saturated rings. The van der Waals surface area contributed by atoms with Crippen molar-refractivity contribution in [3.63, 3.8) is 0 Å². The van der Waals surface area contributed by atoms with Crippen LogP contribution in [0.4, 0.5) is 0 Å². The van der Waals surface area contributed by atoms with Crippen molar-refractivity contribution in [2.75, 3.05) is 19.7 Å². The highest BCUT2D eigenvalue weighted by Gasteiger charge is 2.42. The molecular formula is C22H31N3O3. The van der Waals surface area contributed by atoms with Crippen LogP contribution < -0.4 is 0 Å². The molecular weight excluding hydrogens is 354 g/mol. The molecule has 0 saturated carbocycles. The normalized spacial score (nSPS) is 22.5. The second-order valence-electron chi connectivity index (χ2n) is 8.07. The number of hydrogen-bond donors (Lipinski definition) is 2. The molecule has 6 nitrogen and oxygen atoms in total. The van der Waals surface area contributed by atoms with Gasteiger partial charge in [0.1, 0.15) is 0 Å². The number of amides is 1. The lowest BCUT2D eigenvalue weighted by Gasteiger charge is -2.44. The lowest BCUT2D eigenvalue weighted by molar-refractivity contribution is -0.0713. The van der Waals surface area contributed by atoms with E-state index in [0.29, 0.717) is 25.1 Å². The lowest BCUT2D eigenvalue weighted by Crippen LogP contribution is -2.54. The van der Waals surface area contributed by atoms with Gasteiger partial charge in [-0.25, -0.2) is 0 Å². The molecule has 28 heavy (non-hydrogen) atoms. The first-order valence-electron chi connectivity index (χ1n) is 10.1. The molecule has 0 aliphatic carbocycles. The number of piperidine rings is 1. The van der Waals surface area contributed by atoms with Gasteiger partial charge in [0.05, 0.1) is 24.9 Å². The van der Waals surface area contributed by atoms with Gasteiger partial charge in [-0.2, -0.15) is 5.10 Å². The van der Waals surface area contributed by atoms with Crippen molar-refractivity contribution in [1.82, 2.24) is 14.7 Å². The third kappa shape index (κ3) is 4.13. The minimum atomic E-state index is -0.701. The van der Waals surface area contributed by atoms with Gasteiger partial charge in [0.25, 0.3) is 5.91 Å². The first-order valence-corrected chi connectivity index (χ1v) is 10.1. The topological polar surface area (TPSA) is 78.6 Å². The van der Waals surface area contributed by atoms with Gasteiger partial charge in [-0.05, 0) is 50.5 Å². The number of likely N-dealkylation sites (tertiary alicyclic amines) is 1. The highest BCUT2D eigenvalue weighted by atomic mass is 16.3. The van der Waals surface area contributed by atoms with Crippen molar-refractivity contribution < 1.29 is 15.0 Å². The second-order valence-corrected chi connectivity index (χ2v) is 8.07. The molecule has 1 aromatic heterocycles. The number of aliphatic hydroxyl groups is 2. The number of nitrogens with zero attached hydrogens (tertiary/aromatic N) is 3. The minimum Gasteiger partial charge on any atom is -0.396 e. The van der Waals surface area contributed by atoms with Crippen molar-refractivity contribution in [3.8, 4) is 0 Å². The van der Waals surface area contributed by atoms with Crippen LogP contribution in [0.5, 0.6) is 0 Å². The molecule has 1 aliphatic rings. The van der Waals surface area contributed by atoms with E-state index in [-0.39, 0.29) is 19.1 Å². The van der Waals surface area contributed by atoms with E-state index in [0.717, 1.165) is 29.8 Å². The fraction of sp³-hybridized carbons (Fsp3) is 0.545. The zero-order valence-corrected chi connectivity index (χ0v) is 17.1. The van der Waals surface area contributed by atoms with Gasteiger partial charge >= 0.3 is 0 Å². The van der Waals surface area contributed by atoms with E-state index < -0.39 is 11.5 Å². The van der Waals surface area contributed by atoms with E-state index in [1.165, 1.54) is 0 Å². The van der Waals surface area contributed by atoms with E-state index in [1.54, 1.807) is 4.90 Å². The SMILES string of the molecule is CCC[C@]1(CO)CCN(C(=O)c2cccc(Cn3nc(C)cc3C)c2)C[C@H]1O. The van der Waals surface area contributed by atoms with Crippen LogP contribution in [-0.4, -0.2) is 56.6 Å². The molecule has 0 spiro atoms. The third-order valence-corrected chi connectivity index (χ3v) is 5.94. The molecule has 1 saturated heterocycles. The number of β-amino-alcohol motifs (C(OH)–C–C–N with tert-alkyl or cyclic N) is 1. The van der Waals surface area contributed by atoms with Gasteiger partial charge in [0.15, 0.2) is 0 Å². The zero-order chi connectivity index (χ0) is 20.3. The standard InChI is InChI=1S/C22H31N3O3/c1-4-8-22(15-26)9-10-24(14-20(22)27)21(28)19-7-5-6-18(12-19)13-25-17(3)11-16(2)23-25/h5-7,11-12,20,26-27H,4,8-10,13-15H2,1-3H3/t20-,22-/m1/s1. The smallest absolute Gasteiger partial charge is 0.253 e. The summed E-state index contributed by atoms with van der Waals surface area (Å²) >= 11 is 0. The Labute approximate surface area is 166 Å². The van der Waals surface area contributed by atoms with Crippen LogP contribution in [0.25, 0.3) is 0 Å². The van der Waals surface area contributed by atoms with Gasteiger partial charge in [-0.3, -0.25) is 9.48 Å². The van der Waals surface area contributed by atoms with Crippen molar-refractivity contribution in [2.24, 2.45) is 5.41 Å². The van der Waals surface area contributed by atoms with Crippen molar-refractivity contribution in [2.45, 2.75) is 52.7 Å². The average Bonchev–Trinajstić information content (AvgIpc) is 3.00. The summed E-state index contributed by atoms with van der Waals surface area (Å²) < 4.78 is 1.93. The van der Waals surface area contributed by atoms with Crippen LogP contribution in [0.3, 0.4) is 0 Å². The van der Waals surface area contributed by atoms with E-state index in [4.69, 9.17) is 0 Å². The molecule has 2 heterocycles. The summed E-state index contributed by atoms with van der Waals surface area (Å²) in [7, 11) is 0. The summed E-state index contributed by atoms with van der Waals surface area (Å²) in [4.78, 5) is 14.7. The summed E-state index contributed by atoms with van der Waals surface area (Å²) in [6.45, 7) is 7.44. The summed E-state index contributed by atoms with van der Waals surface area (Å²) in [6.07, 6.45) is 1.59. The third-order valence-electron chi connectivity index (χ3n) is 5.94. The number of rotatable bonds is 6. The number of aliphatic hydroxyl groups excluding tert-OH is 2. The molecule has 0 unspecified atom stereocenters. The molecule has 3 rings (SSSR count). The Morgan fingerprint density at radius 2 is 2.11 bits per heavy atom. The first-order chi connectivity index (χ1) is 13.4. The van der Waals surface area contributed by atoms with E-state index in [9.17, 15) is 15.0 Å². The number of carbonyl (C=O) groups is 1. The molecule has 0 bridgehead atoms. The highest BCUT2D eigenvalue weighted by molar-refractivity contribution is 5.94. The summed E-state index contributed by atoms with van der Waals surface area (Å²) in [5, 5.41) is 24.9. The van der Waals surface area contributed by atoms with E-state index >= 15 is 0 Å². The number of aromatic nitrogens is 2. The van der Waals surface area contributed by atoms with Gasteiger partial charge in [-0.1, -0.05) is 25.5 Å². The number of hydrogen-bond acceptors (Lipinski definition) is 4. The predicted molar refractivity (Wildman–Crippen MR) is 108 cm³/mol. The van der Waals surface area contributed by atoms with Crippen molar-refractivity contribution in [3.05, 3.63) is 52.8 Å². The Kier molecular flexibility index (Phi) is 6.20. The van der Waals surface area contributed by atoms with Crippen LogP contribution in [-0.2, 0) is 6.54 Å². The van der Waals surface area contributed by atoms with Crippen LogP contribution in [0.15, 0.2) is 30.3 Å². The minimum absolute atomic E-state index is 0.0395. The van der Waals surface area contributed by atoms with Crippen LogP contribution in [0.2, 0.25) is 0 Å². The summed E-state index contributed by atoms with van der Waals surface area (Å²) in [5.74, 6) is -0.0719. The number of benzene rings is 1. The van der Waals surface area contributed by atoms with Gasteiger partial charge in [0.2, 0.25) is 0 Å². The van der Waals surface area contributed by atoms with Gasteiger partial charge in [0, 0.05) is 29.8 Å². The van der Waals surface area contributed by atoms with Crippen LogP contribution in [0.1, 0.15) is 53.5 Å². The Morgan fingerprint density at radius 1 is 1.32 bits per heavy atom. The Hall–Kier alpha value is -2.18. The quantitative estimate of drug-likeness (QED) is 0.801. The maximum Gasteiger partial charge on any atom is 0.253 e. The zero-order valence-electron chi connectivity index (χ0n) is 17.1. The molecule has 2 aromatic rings. The molecule has 152 valence electrons. The number of carbonyl (C=O) groups excluding carboxylic acids is 1. The molecule has 6 heteroatoms. The van der Waals surface area contributed by atoms with E-state index in [1.807, 2.05) is 48.9 Å². The predicted octanol–water partition coefficient (Wildman–Crippen LogP) is 2.53. The monoisotopic (exact) mass is 385 g/mol. The second kappa shape index (κ2) is 8.45. The van der Waals surface area contributed by atoms with Gasteiger partial charge < -0.3 is 15.1 Å². The Morgan fingerprint density at radius 3 is 2.71 bits per heavy atom. The summed E-state index contributed by atoms with van der Waals surface area (Å²) in [6, 6.07) is 9.65. The Balaban J connectivity index is 1.72.